The highest BCUT2D eigenvalue weighted by molar-refractivity contribution is 5.94. The molecule has 0 unspecified atom stereocenters. The van der Waals surface area contributed by atoms with E-state index in [2.05, 4.69) is 15.6 Å². The lowest BCUT2D eigenvalue weighted by Crippen LogP contribution is -2.51. The van der Waals surface area contributed by atoms with Crippen LogP contribution in [0.25, 0.3) is 11.1 Å². The monoisotopic (exact) mass is 445 g/mol. The van der Waals surface area contributed by atoms with Crippen LogP contribution in [-0.4, -0.2) is 46.8 Å². The van der Waals surface area contributed by atoms with Crippen LogP contribution in [0.4, 0.5) is 5.69 Å². The Hall–Kier alpha value is -3.55. The van der Waals surface area contributed by atoms with Gasteiger partial charge in [-0.3, -0.25) is 14.6 Å². The molecule has 2 aromatic carbocycles. The molecule has 2 heterocycles. The number of hydrogen-bond donors (Lipinski definition) is 3. The third kappa shape index (κ3) is 6.03. The summed E-state index contributed by atoms with van der Waals surface area (Å²) in [7, 11) is 0. The Morgan fingerprint density at radius 3 is 2.33 bits per heavy atom. The Labute approximate surface area is 192 Å². The van der Waals surface area contributed by atoms with Gasteiger partial charge in [0.1, 0.15) is 6.10 Å². The van der Waals surface area contributed by atoms with Crippen LogP contribution in [0, 0.1) is 0 Å². The van der Waals surface area contributed by atoms with Gasteiger partial charge in [0.15, 0.2) is 0 Å². The van der Waals surface area contributed by atoms with Crippen molar-refractivity contribution in [2.45, 2.75) is 37.5 Å². The largest absolute Gasteiger partial charge is 0.394 e. The van der Waals surface area contributed by atoms with Crippen LogP contribution in [0.5, 0.6) is 0 Å². The van der Waals surface area contributed by atoms with Gasteiger partial charge in [0.25, 0.3) is 5.91 Å². The normalized spacial score (nSPS) is 20.1. The van der Waals surface area contributed by atoms with Gasteiger partial charge in [-0.2, -0.15) is 0 Å². The molecule has 1 aromatic heterocycles. The number of nitrogens with one attached hydrogen (secondary N) is 2. The topological polar surface area (TPSA) is 101 Å². The Morgan fingerprint density at radius 1 is 0.939 bits per heavy atom. The van der Waals surface area contributed by atoms with Crippen molar-refractivity contribution >= 4 is 17.5 Å². The minimum Gasteiger partial charge on any atom is -0.394 e. The van der Waals surface area contributed by atoms with Gasteiger partial charge < -0.3 is 20.5 Å². The van der Waals surface area contributed by atoms with Gasteiger partial charge in [0.2, 0.25) is 5.91 Å². The van der Waals surface area contributed by atoms with Crippen LogP contribution < -0.4 is 10.6 Å². The number of aromatic nitrogens is 1. The van der Waals surface area contributed by atoms with Crippen LogP contribution in [-0.2, 0) is 9.53 Å². The molecule has 1 saturated heterocycles. The number of nitrogens with zero attached hydrogens (tertiary/aromatic N) is 1. The highest BCUT2D eigenvalue weighted by atomic mass is 16.5. The molecule has 4 rings (SSSR count). The fourth-order valence-electron chi connectivity index (χ4n) is 4.00. The molecule has 3 N–H and O–H groups in total. The molecule has 0 bridgehead atoms. The number of pyridine rings is 1. The molecule has 1 aliphatic heterocycles. The Morgan fingerprint density at radius 2 is 1.64 bits per heavy atom. The zero-order valence-electron chi connectivity index (χ0n) is 18.2. The first-order valence-corrected chi connectivity index (χ1v) is 11.0. The summed E-state index contributed by atoms with van der Waals surface area (Å²) in [5.41, 5.74) is 3.42. The number of hydrogen-bond acceptors (Lipinski definition) is 5. The van der Waals surface area contributed by atoms with Crippen LogP contribution in [0.3, 0.4) is 0 Å². The van der Waals surface area contributed by atoms with E-state index in [1.807, 2.05) is 54.6 Å². The lowest BCUT2D eigenvalue weighted by atomic mass is 9.96. The van der Waals surface area contributed by atoms with Crippen molar-refractivity contribution in [3.8, 4) is 11.1 Å². The zero-order valence-corrected chi connectivity index (χ0v) is 18.2. The molecule has 0 spiro atoms. The minimum atomic E-state index is -0.563. The molecule has 3 aromatic rings. The van der Waals surface area contributed by atoms with Crippen molar-refractivity contribution in [1.82, 2.24) is 10.3 Å². The predicted molar refractivity (Wildman–Crippen MR) is 126 cm³/mol. The number of aliphatic hydroxyl groups excluding tert-OH is 1. The van der Waals surface area contributed by atoms with E-state index >= 15 is 0 Å². The number of amides is 2. The average Bonchev–Trinajstić information content (AvgIpc) is 2.86. The fourth-order valence-corrected chi connectivity index (χ4v) is 4.00. The summed E-state index contributed by atoms with van der Waals surface area (Å²) < 4.78 is 5.93. The second-order valence-electron chi connectivity index (χ2n) is 8.07. The highest BCUT2D eigenvalue weighted by Crippen LogP contribution is 2.24. The first kappa shape index (κ1) is 22.6. The van der Waals surface area contributed by atoms with Gasteiger partial charge in [-0.15, -0.1) is 0 Å². The third-order valence-corrected chi connectivity index (χ3v) is 5.74. The number of carbonyl (C=O) groups is 2. The van der Waals surface area contributed by atoms with Gasteiger partial charge in [0, 0.05) is 23.6 Å². The van der Waals surface area contributed by atoms with Crippen LogP contribution in [0.1, 0.15) is 29.6 Å². The van der Waals surface area contributed by atoms with Gasteiger partial charge >= 0.3 is 0 Å². The second-order valence-corrected chi connectivity index (χ2v) is 8.07. The first-order valence-electron chi connectivity index (χ1n) is 11.0. The van der Waals surface area contributed by atoms with E-state index in [-0.39, 0.29) is 37.0 Å². The van der Waals surface area contributed by atoms with Crippen LogP contribution >= 0.6 is 0 Å². The van der Waals surface area contributed by atoms with Crippen molar-refractivity contribution < 1.29 is 19.4 Å². The SMILES string of the molecule is O=C(C[C@H]1CC[C@H](NC(=O)c2ccncc2)[C@@H](CO)O1)Nc1ccc(-c2ccccc2)cc1. The molecular weight excluding hydrogens is 418 g/mol. The average molecular weight is 446 g/mol. The van der Waals surface area contributed by atoms with Crippen molar-refractivity contribution in [2.75, 3.05) is 11.9 Å². The molecule has 1 fully saturated rings. The maximum atomic E-state index is 12.5. The standard InChI is InChI=1S/C26H27N3O4/c30-17-24-23(29-26(32)20-12-14-27-15-13-20)11-10-22(33-24)16-25(31)28-21-8-6-19(7-9-21)18-4-2-1-3-5-18/h1-9,12-15,22-24,30H,10-11,16-17H2,(H,28,31)(H,29,32)/t22-,23+,24-/m1/s1. The molecule has 7 heteroatoms. The molecule has 7 nitrogen and oxygen atoms in total. The lowest BCUT2D eigenvalue weighted by Gasteiger charge is -2.36. The van der Waals surface area contributed by atoms with Gasteiger partial charge in [-0.25, -0.2) is 0 Å². The van der Waals surface area contributed by atoms with E-state index < -0.39 is 6.10 Å². The summed E-state index contributed by atoms with van der Waals surface area (Å²) in [6.45, 7) is -0.236. The highest BCUT2D eigenvalue weighted by Gasteiger charge is 2.33. The molecule has 170 valence electrons. The summed E-state index contributed by atoms with van der Waals surface area (Å²) in [5, 5.41) is 15.6. The molecule has 0 radical (unpaired) electrons. The summed E-state index contributed by atoms with van der Waals surface area (Å²) in [4.78, 5) is 28.9. The van der Waals surface area contributed by atoms with E-state index in [0.29, 0.717) is 18.4 Å². The summed E-state index contributed by atoms with van der Waals surface area (Å²) in [6.07, 6.45) is 3.64. The van der Waals surface area contributed by atoms with Crippen molar-refractivity contribution in [3.05, 3.63) is 84.7 Å². The number of carbonyl (C=O) groups excluding carboxylic acids is 2. The van der Waals surface area contributed by atoms with Crippen molar-refractivity contribution in [2.24, 2.45) is 0 Å². The van der Waals surface area contributed by atoms with E-state index in [9.17, 15) is 14.7 Å². The summed E-state index contributed by atoms with van der Waals surface area (Å²) in [6, 6.07) is 20.7. The molecule has 33 heavy (non-hydrogen) atoms. The molecule has 1 aliphatic rings. The third-order valence-electron chi connectivity index (χ3n) is 5.74. The lowest BCUT2D eigenvalue weighted by molar-refractivity contribution is -0.126. The van der Waals surface area contributed by atoms with E-state index in [1.165, 1.54) is 0 Å². The number of anilines is 1. The molecule has 0 aliphatic carbocycles. The minimum absolute atomic E-state index is 0.150. The predicted octanol–water partition coefficient (Wildman–Crippen LogP) is 3.42. The Balaban J connectivity index is 1.28. The van der Waals surface area contributed by atoms with E-state index in [4.69, 9.17) is 4.74 Å². The van der Waals surface area contributed by atoms with Gasteiger partial charge in [-0.05, 0) is 48.2 Å². The summed E-state index contributed by atoms with van der Waals surface area (Å²) >= 11 is 0. The fraction of sp³-hybridized carbons (Fsp3) is 0.269. The Bertz CT molecular complexity index is 1060. The first-order chi connectivity index (χ1) is 16.1. The number of aliphatic hydroxyl groups is 1. The smallest absolute Gasteiger partial charge is 0.251 e. The van der Waals surface area contributed by atoms with Crippen LogP contribution in [0.15, 0.2) is 79.1 Å². The van der Waals surface area contributed by atoms with Gasteiger partial charge in [-0.1, -0.05) is 42.5 Å². The van der Waals surface area contributed by atoms with Gasteiger partial charge in [0.05, 0.1) is 25.2 Å². The van der Waals surface area contributed by atoms with E-state index in [1.54, 1.807) is 24.5 Å². The van der Waals surface area contributed by atoms with Crippen molar-refractivity contribution in [3.63, 3.8) is 0 Å². The second kappa shape index (κ2) is 10.8. The molecule has 3 atom stereocenters. The maximum Gasteiger partial charge on any atom is 0.251 e. The number of rotatable bonds is 7. The molecule has 2 amide bonds. The summed E-state index contributed by atoms with van der Waals surface area (Å²) in [5.74, 6) is -0.386. The molecular formula is C26H27N3O4. The van der Waals surface area contributed by atoms with Crippen molar-refractivity contribution in [1.29, 1.82) is 0 Å². The zero-order chi connectivity index (χ0) is 23.0. The Kier molecular flexibility index (Phi) is 7.44. The van der Waals surface area contributed by atoms with Crippen LogP contribution in [0.2, 0.25) is 0 Å². The molecule has 0 saturated carbocycles. The van der Waals surface area contributed by atoms with E-state index in [0.717, 1.165) is 16.8 Å². The number of benzene rings is 2. The number of ether oxygens (including phenoxy) is 1. The maximum absolute atomic E-state index is 12.5. The quantitative estimate of drug-likeness (QED) is 0.517.